The molecule has 0 bridgehead atoms. The molecule has 7 heteroatoms. The number of hydrogen-bond acceptors (Lipinski definition) is 4. The van der Waals surface area contributed by atoms with Gasteiger partial charge in [-0.3, -0.25) is 4.79 Å². The summed E-state index contributed by atoms with van der Waals surface area (Å²) in [6, 6.07) is 6.25. The zero-order chi connectivity index (χ0) is 15.4. The Bertz CT molecular complexity index is 730. The lowest BCUT2D eigenvalue weighted by atomic mass is 10.2. The maximum Gasteiger partial charge on any atom is 0.338 e. The second-order valence-corrected chi connectivity index (χ2v) is 5.75. The second-order valence-electron chi connectivity index (χ2n) is 4.31. The first-order valence-corrected chi connectivity index (χ1v) is 7.50. The Kier molecular flexibility index (Phi) is 5.03. The predicted molar refractivity (Wildman–Crippen MR) is 81.4 cm³/mol. The molecule has 0 saturated heterocycles. The molecule has 1 aromatic carbocycles. The zero-order valence-corrected chi connectivity index (χ0v) is 12.8. The summed E-state index contributed by atoms with van der Waals surface area (Å²) in [6.07, 6.45) is 1.57. The molecule has 110 valence electrons. The molecule has 0 aliphatic rings. The van der Waals surface area contributed by atoms with Gasteiger partial charge >= 0.3 is 5.97 Å². The summed E-state index contributed by atoms with van der Waals surface area (Å²) in [5.74, 6) is -1.12. The molecule has 2 rings (SSSR count). The Morgan fingerprint density at radius 1 is 1.48 bits per heavy atom. The van der Waals surface area contributed by atoms with E-state index in [4.69, 9.17) is 11.6 Å². The van der Waals surface area contributed by atoms with Gasteiger partial charge in [-0.1, -0.05) is 42.8 Å². The SMILES string of the molecule is CCCc1cc(=O)[nH]c(Sc2cccc(Cl)c2C(=O)O)n1. The first kappa shape index (κ1) is 15.6. The van der Waals surface area contributed by atoms with E-state index in [0.717, 1.165) is 18.2 Å². The number of carboxylic acid groups (broad SMARTS) is 1. The quantitative estimate of drug-likeness (QED) is 0.825. The van der Waals surface area contributed by atoms with Crippen LogP contribution in [0.1, 0.15) is 29.4 Å². The number of rotatable bonds is 5. The minimum atomic E-state index is -1.12. The number of nitrogens with one attached hydrogen (secondary N) is 1. The number of carbonyl (C=O) groups is 1. The molecule has 0 saturated carbocycles. The third kappa shape index (κ3) is 3.86. The molecule has 5 nitrogen and oxygen atoms in total. The highest BCUT2D eigenvalue weighted by atomic mass is 35.5. The van der Waals surface area contributed by atoms with Gasteiger partial charge in [-0.25, -0.2) is 9.78 Å². The Balaban J connectivity index is 2.41. The predicted octanol–water partition coefficient (Wildman–Crippen LogP) is 3.23. The van der Waals surface area contributed by atoms with Gasteiger partial charge < -0.3 is 10.1 Å². The Morgan fingerprint density at radius 3 is 2.90 bits per heavy atom. The number of halogens is 1. The van der Waals surface area contributed by atoms with Gasteiger partial charge in [0.15, 0.2) is 5.16 Å². The molecular formula is C14H13ClN2O3S. The molecule has 2 N–H and O–H groups in total. The normalized spacial score (nSPS) is 10.6. The second kappa shape index (κ2) is 6.78. The summed E-state index contributed by atoms with van der Waals surface area (Å²) in [5, 5.41) is 9.74. The standard InChI is InChI=1S/C14H13ClN2O3S/c1-2-4-8-7-11(18)17-14(16-8)21-10-6-3-5-9(15)12(10)13(19)20/h3,5-7H,2,4H2,1H3,(H,19,20)(H,16,17,18). The van der Waals surface area contributed by atoms with E-state index in [1.54, 1.807) is 12.1 Å². The van der Waals surface area contributed by atoms with E-state index in [9.17, 15) is 14.7 Å². The largest absolute Gasteiger partial charge is 0.478 e. The van der Waals surface area contributed by atoms with Crippen LogP contribution in [0.3, 0.4) is 0 Å². The van der Waals surface area contributed by atoms with Gasteiger partial charge in [0, 0.05) is 16.7 Å². The van der Waals surface area contributed by atoms with Crippen LogP contribution in [0.2, 0.25) is 5.02 Å². The summed E-state index contributed by atoms with van der Waals surface area (Å²) in [5.41, 5.74) is 0.435. The topological polar surface area (TPSA) is 83.0 Å². The van der Waals surface area contributed by atoms with Crippen LogP contribution in [0, 0.1) is 0 Å². The van der Waals surface area contributed by atoms with Crippen molar-refractivity contribution in [2.45, 2.75) is 29.8 Å². The fourth-order valence-corrected chi connectivity index (χ4v) is 3.10. The molecule has 0 spiro atoms. The van der Waals surface area contributed by atoms with Crippen LogP contribution in [0.5, 0.6) is 0 Å². The summed E-state index contributed by atoms with van der Waals surface area (Å²) in [4.78, 5) is 30.2. The maximum atomic E-state index is 11.6. The van der Waals surface area contributed by atoms with E-state index in [1.165, 1.54) is 12.1 Å². The van der Waals surface area contributed by atoms with Crippen molar-refractivity contribution in [1.82, 2.24) is 9.97 Å². The molecule has 0 radical (unpaired) electrons. The van der Waals surface area contributed by atoms with Gasteiger partial charge in [0.25, 0.3) is 5.56 Å². The Labute approximate surface area is 130 Å². The van der Waals surface area contributed by atoms with Crippen LogP contribution < -0.4 is 5.56 Å². The number of aromatic amines is 1. The van der Waals surface area contributed by atoms with E-state index in [-0.39, 0.29) is 16.1 Å². The lowest BCUT2D eigenvalue weighted by molar-refractivity contribution is 0.0693. The Morgan fingerprint density at radius 2 is 2.24 bits per heavy atom. The molecule has 0 unspecified atom stereocenters. The van der Waals surface area contributed by atoms with E-state index < -0.39 is 5.97 Å². The van der Waals surface area contributed by atoms with Crippen LogP contribution in [-0.2, 0) is 6.42 Å². The monoisotopic (exact) mass is 324 g/mol. The average molecular weight is 325 g/mol. The summed E-state index contributed by atoms with van der Waals surface area (Å²) < 4.78 is 0. The van der Waals surface area contributed by atoms with Crippen LogP contribution in [-0.4, -0.2) is 21.0 Å². The lowest BCUT2D eigenvalue weighted by Gasteiger charge is -2.07. The summed E-state index contributed by atoms with van der Waals surface area (Å²) >= 11 is 7.00. The molecule has 21 heavy (non-hydrogen) atoms. The van der Waals surface area contributed by atoms with Crippen LogP contribution in [0.15, 0.2) is 39.1 Å². The van der Waals surface area contributed by atoms with E-state index in [0.29, 0.717) is 22.2 Å². The van der Waals surface area contributed by atoms with E-state index in [1.807, 2.05) is 6.92 Å². The molecule has 0 fully saturated rings. The van der Waals surface area contributed by atoms with Gasteiger partial charge in [0.2, 0.25) is 0 Å². The van der Waals surface area contributed by atoms with Gasteiger partial charge in [0.05, 0.1) is 10.6 Å². The first-order chi connectivity index (χ1) is 10.0. The number of H-pyrrole nitrogens is 1. The number of benzene rings is 1. The molecule has 0 aliphatic carbocycles. The number of carboxylic acids is 1. The molecule has 0 aliphatic heterocycles. The van der Waals surface area contributed by atoms with Gasteiger partial charge in [0.1, 0.15) is 0 Å². The fraction of sp³-hybridized carbons (Fsp3) is 0.214. The highest BCUT2D eigenvalue weighted by Gasteiger charge is 2.16. The highest BCUT2D eigenvalue weighted by Crippen LogP contribution is 2.31. The van der Waals surface area contributed by atoms with Gasteiger partial charge in [-0.2, -0.15) is 0 Å². The van der Waals surface area contributed by atoms with Gasteiger partial charge in [-0.15, -0.1) is 0 Å². The van der Waals surface area contributed by atoms with Crippen molar-refractivity contribution < 1.29 is 9.90 Å². The number of aryl methyl sites for hydroxylation is 1. The van der Waals surface area contributed by atoms with Crippen molar-refractivity contribution in [3.63, 3.8) is 0 Å². The van der Waals surface area contributed by atoms with Crippen molar-refractivity contribution in [2.24, 2.45) is 0 Å². The van der Waals surface area contributed by atoms with Crippen molar-refractivity contribution in [3.8, 4) is 0 Å². The van der Waals surface area contributed by atoms with Crippen molar-refractivity contribution in [1.29, 1.82) is 0 Å². The molecule has 2 aromatic rings. The zero-order valence-electron chi connectivity index (χ0n) is 11.2. The van der Waals surface area contributed by atoms with Crippen LogP contribution in [0.4, 0.5) is 0 Å². The van der Waals surface area contributed by atoms with Crippen molar-refractivity contribution in [3.05, 3.63) is 50.9 Å². The molecular weight excluding hydrogens is 312 g/mol. The van der Waals surface area contributed by atoms with Crippen molar-refractivity contribution >= 4 is 29.3 Å². The van der Waals surface area contributed by atoms with E-state index >= 15 is 0 Å². The first-order valence-electron chi connectivity index (χ1n) is 6.31. The number of aromatic carboxylic acids is 1. The average Bonchev–Trinajstić information content (AvgIpc) is 2.37. The van der Waals surface area contributed by atoms with Crippen molar-refractivity contribution in [2.75, 3.05) is 0 Å². The third-order valence-electron chi connectivity index (χ3n) is 2.68. The Hall–Kier alpha value is -1.79. The summed E-state index contributed by atoms with van der Waals surface area (Å²) in [7, 11) is 0. The van der Waals surface area contributed by atoms with Crippen LogP contribution in [0.25, 0.3) is 0 Å². The third-order valence-corrected chi connectivity index (χ3v) is 3.94. The minimum Gasteiger partial charge on any atom is -0.478 e. The van der Waals surface area contributed by atoms with Gasteiger partial charge in [-0.05, 0) is 18.6 Å². The smallest absolute Gasteiger partial charge is 0.338 e. The van der Waals surface area contributed by atoms with Crippen LogP contribution >= 0.6 is 23.4 Å². The molecule has 1 aromatic heterocycles. The number of aromatic nitrogens is 2. The number of hydrogen-bond donors (Lipinski definition) is 2. The molecule has 0 atom stereocenters. The summed E-state index contributed by atoms with van der Waals surface area (Å²) in [6.45, 7) is 2.00. The van der Waals surface area contributed by atoms with E-state index in [2.05, 4.69) is 9.97 Å². The maximum absolute atomic E-state index is 11.6. The molecule has 0 amide bonds. The highest BCUT2D eigenvalue weighted by molar-refractivity contribution is 7.99. The fourth-order valence-electron chi connectivity index (χ4n) is 1.82. The molecule has 1 heterocycles. The lowest BCUT2D eigenvalue weighted by Crippen LogP contribution is -2.10. The minimum absolute atomic E-state index is 0.00714. The number of nitrogens with zero attached hydrogens (tertiary/aromatic N) is 1.